The highest BCUT2D eigenvalue weighted by Crippen LogP contribution is 2.37. The van der Waals surface area contributed by atoms with Gasteiger partial charge < -0.3 is 9.80 Å². The van der Waals surface area contributed by atoms with Gasteiger partial charge in [0, 0.05) is 37.1 Å². The van der Waals surface area contributed by atoms with Crippen molar-refractivity contribution in [2.45, 2.75) is 80.7 Å². The lowest BCUT2D eigenvalue weighted by Crippen LogP contribution is -2.31. The molecule has 3 rings (SSSR count). The summed E-state index contributed by atoms with van der Waals surface area (Å²) in [6.45, 7) is 18.1. The first-order chi connectivity index (χ1) is 15.6. The zero-order valence-electron chi connectivity index (χ0n) is 21.9. The number of benzene rings is 1. The smallest absolute Gasteiger partial charge is 0.219 e. The fourth-order valence-electron chi connectivity index (χ4n) is 5.24. The molecule has 33 heavy (non-hydrogen) atoms. The summed E-state index contributed by atoms with van der Waals surface area (Å²) >= 11 is 0. The summed E-state index contributed by atoms with van der Waals surface area (Å²) in [5, 5.41) is 0. The lowest BCUT2D eigenvalue weighted by Gasteiger charge is -2.32. The van der Waals surface area contributed by atoms with Crippen LogP contribution >= 0.6 is 0 Å². The first-order valence-corrected chi connectivity index (χ1v) is 12.5. The summed E-state index contributed by atoms with van der Waals surface area (Å²) in [6.07, 6.45) is 12.3. The first-order valence-electron chi connectivity index (χ1n) is 12.5. The van der Waals surface area contributed by atoms with Gasteiger partial charge in [-0.25, -0.2) is 0 Å². The van der Waals surface area contributed by atoms with Crippen molar-refractivity contribution in [3.05, 3.63) is 76.3 Å². The molecule has 2 aliphatic rings. The molecule has 0 aromatic heterocycles. The lowest BCUT2D eigenvalue weighted by atomic mass is 9.91. The quantitative estimate of drug-likeness (QED) is 0.455. The van der Waals surface area contributed by atoms with Crippen molar-refractivity contribution in [3.8, 4) is 0 Å². The van der Waals surface area contributed by atoms with Crippen molar-refractivity contribution >= 4 is 11.5 Å². The number of nitrogens with zero attached hydrogens (tertiary/aromatic N) is 2. The van der Waals surface area contributed by atoms with Gasteiger partial charge in [-0.15, -0.1) is 0 Å². The Morgan fingerprint density at radius 1 is 1.21 bits per heavy atom. The van der Waals surface area contributed by atoms with Crippen LogP contribution in [0.3, 0.4) is 0 Å². The minimum atomic E-state index is 0.190. The number of carbonyl (C=O) groups excluding carboxylic acids is 1. The van der Waals surface area contributed by atoms with Gasteiger partial charge in [0.1, 0.15) is 0 Å². The van der Waals surface area contributed by atoms with E-state index in [0.717, 1.165) is 25.8 Å². The number of hydrogen-bond donors (Lipinski definition) is 0. The maximum atomic E-state index is 12.1. The van der Waals surface area contributed by atoms with E-state index in [4.69, 9.17) is 0 Å². The molecule has 0 bridgehead atoms. The van der Waals surface area contributed by atoms with Gasteiger partial charge in [-0.05, 0) is 93.7 Å². The van der Waals surface area contributed by atoms with E-state index in [0.29, 0.717) is 17.9 Å². The fraction of sp³-hybridized carbons (Fsp3) is 0.500. The Kier molecular flexibility index (Phi) is 8.05. The monoisotopic (exact) mass is 446 g/mol. The first kappa shape index (κ1) is 25.1. The number of amides is 1. The van der Waals surface area contributed by atoms with Gasteiger partial charge in [-0.3, -0.25) is 4.79 Å². The standard InChI is InChI=1S/C30H42N2O/c1-9-20(2)15-28-16-22(4)12-13-31(28)30(18-27-17-24(6)32(19-27)26(8)33)25(7)29-11-10-21(3)14-23(29)5/h10-16,20,24,27H,9,17-19H2,1-8H3/b28-15+,30-25+. The van der Waals surface area contributed by atoms with Crippen LogP contribution in [0.1, 0.15) is 77.5 Å². The van der Waals surface area contributed by atoms with Gasteiger partial charge in [0.05, 0.1) is 0 Å². The van der Waals surface area contributed by atoms with Crippen LogP contribution in [0.4, 0.5) is 0 Å². The van der Waals surface area contributed by atoms with Crippen molar-refractivity contribution < 1.29 is 4.79 Å². The van der Waals surface area contributed by atoms with E-state index in [1.807, 2.05) is 4.90 Å². The molecule has 1 amide bonds. The maximum Gasteiger partial charge on any atom is 0.219 e. The molecule has 2 aliphatic heterocycles. The van der Waals surface area contributed by atoms with E-state index >= 15 is 0 Å². The molecule has 0 radical (unpaired) electrons. The number of hydrogen-bond acceptors (Lipinski definition) is 2. The normalized spacial score (nSPS) is 23.6. The van der Waals surface area contributed by atoms with Crippen LogP contribution in [-0.2, 0) is 4.79 Å². The molecule has 3 atom stereocenters. The Morgan fingerprint density at radius 2 is 1.94 bits per heavy atom. The van der Waals surface area contributed by atoms with Crippen LogP contribution in [0.25, 0.3) is 5.57 Å². The zero-order chi connectivity index (χ0) is 24.3. The van der Waals surface area contributed by atoms with Crippen molar-refractivity contribution in [1.82, 2.24) is 9.80 Å². The van der Waals surface area contributed by atoms with Gasteiger partial charge in [0.2, 0.25) is 5.91 Å². The second-order valence-corrected chi connectivity index (χ2v) is 10.3. The molecular formula is C30H42N2O. The molecule has 3 unspecified atom stereocenters. The molecule has 0 spiro atoms. The van der Waals surface area contributed by atoms with Crippen molar-refractivity contribution in [2.75, 3.05) is 6.54 Å². The third-order valence-corrected chi connectivity index (χ3v) is 7.30. The number of rotatable bonds is 6. The van der Waals surface area contributed by atoms with E-state index in [2.05, 4.69) is 96.0 Å². The van der Waals surface area contributed by atoms with Gasteiger partial charge >= 0.3 is 0 Å². The Bertz CT molecular complexity index is 1010. The summed E-state index contributed by atoms with van der Waals surface area (Å²) in [4.78, 5) is 16.6. The van der Waals surface area contributed by atoms with Crippen molar-refractivity contribution in [1.29, 1.82) is 0 Å². The molecule has 1 aromatic carbocycles. The van der Waals surface area contributed by atoms with Crippen LogP contribution < -0.4 is 0 Å². The zero-order valence-corrected chi connectivity index (χ0v) is 21.9. The molecular weight excluding hydrogens is 404 g/mol. The van der Waals surface area contributed by atoms with Crippen molar-refractivity contribution in [3.63, 3.8) is 0 Å². The third-order valence-electron chi connectivity index (χ3n) is 7.30. The Hall–Kier alpha value is -2.55. The minimum absolute atomic E-state index is 0.190. The summed E-state index contributed by atoms with van der Waals surface area (Å²) in [5.41, 5.74) is 9.14. The summed E-state index contributed by atoms with van der Waals surface area (Å²) in [5.74, 6) is 1.17. The molecule has 3 heteroatoms. The average Bonchev–Trinajstić information content (AvgIpc) is 3.12. The number of aryl methyl sites for hydroxylation is 2. The molecule has 178 valence electrons. The van der Waals surface area contributed by atoms with Crippen LogP contribution in [0.2, 0.25) is 0 Å². The molecule has 2 heterocycles. The van der Waals surface area contributed by atoms with Crippen LogP contribution in [0.5, 0.6) is 0 Å². The van der Waals surface area contributed by atoms with Crippen molar-refractivity contribution in [2.24, 2.45) is 11.8 Å². The second-order valence-electron chi connectivity index (χ2n) is 10.3. The highest BCUT2D eigenvalue weighted by Gasteiger charge is 2.32. The molecule has 1 aromatic rings. The minimum Gasteiger partial charge on any atom is -0.340 e. The number of allylic oxidation sites excluding steroid dienone is 6. The molecule has 1 fully saturated rings. The Morgan fingerprint density at radius 3 is 2.55 bits per heavy atom. The molecule has 0 N–H and O–H groups in total. The lowest BCUT2D eigenvalue weighted by molar-refractivity contribution is -0.129. The van der Waals surface area contributed by atoms with E-state index in [1.165, 1.54) is 39.2 Å². The topological polar surface area (TPSA) is 23.6 Å². The van der Waals surface area contributed by atoms with E-state index < -0.39 is 0 Å². The molecule has 0 aliphatic carbocycles. The summed E-state index contributed by atoms with van der Waals surface area (Å²) in [6, 6.07) is 7.07. The predicted octanol–water partition coefficient (Wildman–Crippen LogP) is 7.39. The van der Waals surface area contributed by atoms with Gasteiger partial charge in [0.25, 0.3) is 0 Å². The summed E-state index contributed by atoms with van der Waals surface area (Å²) < 4.78 is 0. The SMILES string of the molecule is CCC(C)/C=C1\C=C(C)C=CN1/C(CC1CC(C)N(C(C)=O)C1)=C(\C)c1ccc(C)cc1C. The predicted molar refractivity (Wildman–Crippen MR) is 140 cm³/mol. The van der Waals surface area contributed by atoms with E-state index in [9.17, 15) is 4.79 Å². The summed E-state index contributed by atoms with van der Waals surface area (Å²) in [7, 11) is 0. The number of likely N-dealkylation sites (tertiary alicyclic amines) is 1. The van der Waals surface area contributed by atoms with Crippen LogP contribution in [-0.4, -0.2) is 28.3 Å². The third kappa shape index (κ3) is 5.88. The largest absolute Gasteiger partial charge is 0.340 e. The second kappa shape index (κ2) is 10.6. The maximum absolute atomic E-state index is 12.1. The Labute approximate surface area is 201 Å². The highest BCUT2D eigenvalue weighted by atomic mass is 16.2. The van der Waals surface area contributed by atoms with Crippen LogP contribution in [0, 0.1) is 25.7 Å². The van der Waals surface area contributed by atoms with Crippen LogP contribution in [0.15, 0.2) is 59.6 Å². The van der Waals surface area contributed by atoms with Gasteiger partial charge in [0.15, 0.2) is 0 Å². The van der Waals surface area contributed by atoms with E-state index in [1.54, 1.807) is 6.92 Å². The molecule has 3 nitrogen and oxygen atoms in total. The average molecular weight is 447 g/mol. The fourth-order valence-corrected chi connectivity index (χ4v) is 5.24. The number of carbonyl (C=O) groups is 1. The van der Waals surface area contributed by atoms with E-state index in [-0.39, 0.29) is 5.91 Å². The molecule has 0 saturated carbocycles. The van der Waals surface area contributed by atoms with Gasteiger partial charge in [-0.2, -0.15) is 0 Å². The molecule has 1 saturated heterocycles. The van der Waals surface area contributed by atoms with Gasteiger partial charge in [-0.1, -0.05) is 50.1 Å². The highest BCUT2D eigenvalue weighted by molar-refractivity contribution is 5.74. The Balaban J connectivity index is 2.08.